The number of carbonyl (C=O) groups excluding carboxylic acids is 1. The average Bonchev–Trinajstić information content (AvgIpc) is 2.19. The van der Waals surface area contributed by atoms with Crippen LogP contribution in [-0.2, 0) is 6.54 Å². The summed E-state index contributed by atoms with van der Waals surface area (Å²) >= 11 is 0. The number of aliphatic hydroxyl groups excluding tert-OH is 1. The summed E-state index contributed by atoms with van der Waals surface area (Å²) in [5.41, 5.74) is 6.67. The fourth-order valence-electron chi connectivity index (χ4n) is 1.10. The molecule has 0 atom stereocenters. The number of nitrogens with two attached hydrogens (primary N) is 1. The molecule has 0 saturated heterocycles. The Balaban J connectivity index is 2.51. The van der Waals surface area contributed by atoms with Gasteiger partial charge in [-0.1, -0.05) is 12.1 Å². The lowest BCUT2D eigenvalue weighted by atomic mass is 10.1. The Bertz CT molecular complexity index is 295. The third-order valence-corrected chi connectivity index (χ3v) is 1.86. The zero-order chi connectivity index (χ0) is 10.4. The third-order valence-electron chi connectivity index (χ3n) is 1.86. The smallest absolute Gasteiger partial charge is 0.248 e. The summed E-state index contributed by atoms with van der Waals surface area (Å²) in [4.78, 5) is 10.7. The van der Waals surface area contributed by atoms with Crippen LogP contribution in [0.4, 0.5) is 0 Å². The molecule has 4 N–H and O–H groups in total. The lowest BCUT2D eigenvalue weighted by molar-refractivity contribution is 0.100. The Morgan fingerprint density at radius 3 is 2.50 bits per heavy atom. The molecule has 1 rings (SSSR count). The number of primary amides is 1. The number of nitrogens with one attached hydrogen (secondary N) is 1. The van der Waals surface area contributed by atoms with Gasteiger partial charge in [0, 0.05) is 18.7 Å². The predicted molar refractivity (Wildman–Crippen MR) is 53.8 cm³/mol. The third kappa shape index (κ3) is 3.16. The van der Waals surface area contributed by atoms with Crippen molar-refractivity contribution < 1.29 is 9.90 Å². The quantitative estimate of drug-likeness (QED) is 0.571. The van der Waals surface area contributed by atoms with Crippen LogP contribution in [0.5, 0.6) is 0 Å². The van der Waals surface area contributed by atoms with E-state index in [0.717, 1.165) is 5.56 Å². The molecule has 76 valence electrons. The van der Waals surface area contributed by atoms with Crippen molar-refractivity contribution in [1.82, 2.24) is 5.32 Å². The lowest BCUT2D eigenvalue weighted by Gasteiger charge is -2.03. The molecule has 0 aliphatic carbocycles. The number of benzene rings is 1. The number of amides is 1. The van der Waals surface area contributed by atoms with Crippen molar-refractivity contribution in [3.63, 3.8) is 0 Å². The number of hydrogen-bond donors (Lipinski definition) is 3. The number of hydrogen-bond acceptors (Lipinski definition) is 3. The van der Waals surface area contributed by atoms with Crippen LogP contribution in [0, 0.1) is 0 Å². The summed E-state index contributed by atoms with van der Waals surface area (Å²) in [6, 6.07) is 7.06. The molecule has 0 saturated carbocycles. The van der Waals surface area contributed by atoms with Crippen LogP contribution in [0.15, 0.2) is 24.3 Å². The van der Waals surface area contributed by atoms with Crippen molar-refractivity contribution in [1.29, 1.82) is 0 Å². The van der Waals surface area contributed by atoms with Gasteiger partial charge >= 0.3 is 0 Å². The topological polar surface area (TPSA) is 75.4 Å². The average molecular weight is 194 g/mol. The second-order valence-corrected chi connectivity index (χ2v) is 2.96. The van der Waals surface area contributed by atoms with Crippen LogP contribution in [0.1, 0.15) is 15.9 Å². The Hall–Kier alpha value is -1.39. The first-order valence-corrected chi connectivity index (χ1v) is 4.44. The van der Waals surface area contributed by atoms with Gasteiger partial charge in [-0.3, -0.25) is 4.79 Å². The maximum Gasteiger partial charge on any atom is 0.248 e. The van der Waals surface area contributed by atoms with Gasteiger partial charge < -0.3 is 16.2 Å². The summed E-state index contributed by atoms with van der Waals surface area (Å²) < 4.78 is 0. The number of rotatable bonds is 5. The molecular formula is C10H14N2O2. The molecule has 4 heteroatoms. The molecule has 0 aromatic heterocycles. The molecule has 0 fully saturated rings. The van der Waals surface area contributed by atoms with Gasteiger partial charge in [-0.2, -0.15) is 0 Å². The number of carbonyl (C=O) groups is 1. The second kappa shape index (κ2) is 5.36. The highest BCUT2D eigenvalue weighted by Gasteiger charge is 1.98. The zero-order valence-electron chi connectivity index (χ0n) is 7.86. The van der Waals surface area contributed by atoms with Crippen molar-refractivity contribution in [2.45, 2.75) is 6.54 Å². The lowest BCUT2D eigenvalue weighted by Crippen LogP contribution is -2.17. The van der Waals surface area contributed by atoms with Gasteiger partial charge in [0.15, 0.2) is 0 Å². The minimum Gasteiger partial charge on any atom is -0.395 e. The van der Waals surface area contributed by atoms with Crippen LogP contribution in [0.2, 0.25) is 0 Å². The monoisotopic (exact) mass is 194 g/mol. The summed E-state index contributed by atoms with van der Waals surface area (Å²) in [7, 11) is 0. The molecule has 4 nitrogen and oxygen atoms in total. The van der Waals surface area contributed by atoms with E-state index in [-0.39, 0.29) is 6.61 Å². The van der Waals surface area contributed by atoms with E-state index in [1.54, 1.807) is 12.1 Å². The summed E-state index contributed by atoms with van der Waals surface area (Å²) in [5, 5.41) is 11.6. The highest BCUT2D eigenvalue weighted by Crippen LogP contribution is 2.03. The molecular weight excluding hydrogens is 180 g/mol. The van der Waals surface area contributed by atoms with Crippen molar-refractivity contribution in [3.8, 4) is 0 Å². The van der Waals surface area contributed by atoms with Crippen LogP contribution >= 0.6 is 0 Å². The van der Waals surface area contributed by atoms with E-state index in [0.29, 0.717) is 18.7 Å². The highest BCUT2D eigenvalue weighted by molar-refractivity contribution is 5.92. The number of aliphatic hydroxyl groups is 1. The molecule has 0 heterocycles. The summed E-state index contributed by atoms with van der Waals surface area (Å²) in [5.74, 6) is -0.417. The van der Waals surface area contributed by atoms with Crippen LogP contribution in [0.3, 0.4) is 0 Å². The van der Waals surface area contributed by atoms with Gasteiger partial charge in [-0.25, -0.2) is 0 Å². The van der Waals surface area contributed by atoms with E-state index >= 15 is 0 Å². The normalized spacial score (nSPS) is 10.1. The molecule has 14 heavy (non-hydrogen) atoms. The van der Waals surface area contributed by atoms with Crippen molar-refractivity contribution in [2.24, 2.45) is 5.73 Å². The van der Waals surface area contributed by atoms with Crippen molar-refractivity contribution in [2.75, 3.05) is 13.2 Å². The highest BCUT2D eigenvalue weighted by atomic mass is 16.3. The molecule has 1 amide bonds. The molecule has 1 aromatic carbocycles. The van der Waals surface area contributed by atoms with Gasteiger partial charge in [-0.15, -0.1) is 0 Å². The molecule has 0 bridgehead atoms. The minimum absolute atomic E-state index is 0.124. The SMILES string of the molecule is NC(=O)c1ccc(CNCCO)cc1. The standard InChI is InChI=1S/C10H14N2O2/c11-10(14)9-3-1-8(2-4-9)7-12-5-6-13/h1-4,12-13H,5-7H2,(H2,11,14). The first-order chi connectivity index (χ1) is 6.74. The molecule has 0 unspecified atom stereocenters. The Morgan fingerprint density at radius 1 is 1.36 bits per heavy atom. The Kier molecular flexibility index (Phi) is 4.10. The first kappa shape index (κ1) is 10.7. The largest absolute Gasteiger partial charge is 0.395 e. The van der Waals surface area contributed by atoms with E-state index in [1.807, 2.05) is 12.1 Å². The van der Waals surface area contributed by atoms with Gasteiger partial charge in [0.05, 0.1) is 6.61 Å². The summed E-state index contributed by atoms with van der Waals surface area (Å²) in [6.45, 7) is 1.37. The zero-order valence-corrected chi connectivity index (χ0v) is 7.86. The molecule has 0 spiro atoms. The van der Waals surface area contributed by atoms with Gasteiger partial charge in [0.1, 0.15) is 0 Å². The molecule has 0 aliphatic rings. The van der Waals surface area contributed by atoms with E-state index < -0.39 is 5.91 Å². The van der Waals surface area contributed by atoms with Crippen LogP contribution in [0.25, 0.3) is 0 Å². The van der Waals surface area contributed by atoms with E-state index in [4.69, 9.17) is 10.8 Å². The molecule has 0 aliphatic heterocycles. The van der Waals surface area contributed by atoms with Crippen molar-refractivity contribution >= 4 is 5.91 Å². The molecule has 0 radical (unpaired) electrons. The van der Waals surface area contributed by atoms with Gasteiger partial charge in [-0.05, 0) is 17.7 Å². The fourth-order valence-corrected chi connectivity index (χ4v) is 1.10. The van der Waals surface area contributed by atoms with Crippen LogP contribution in [-0.4, -0.2) is 24.2 Å². The van der Waals surface area contributed by atoms with Crippen LogP contribution < -0.4 is 11.1 Å². The van der Waals surface area contributed by atoms with E-state index in [1.165, 1.54) is 0 Å². The summed E-state index contributed by atoms with van der Waals surface area (Å²) in [6.07, 6.45) is 0. The predicted octanol–water partition coefficient (Wildman–Crippen LogP) is -0.133. The maximum atomic E-state index is 10.7. The Morgan fingerprint density at radius 2 is 2.00 bits per heavy atom. The first-order valence-electron chi connectivity index (χ1n) is 4.44. The van der Waals surface area contributed by atoms with Gasteiger partial charge in [0.25, 0.3) is 0 Å². The van der Waals surface area contributed by atoms with Gasteiger partial charge in [0.2, 0.25) is 5.91 Å². The van der Waals surface area contributed by atoms with E-state index in [2.05, 4.69) is 5.32 Å². The maximum absolute atomic E-state index is 10.7. The van der Waals surface area contributed by atoms with Crippen molar-refractivity contribution in [3.05, 3.63) is 35.4 Å². The Labute approximate surface area is 82.7 Å². The fraction of sp³-hybridized carbons (Fsp3) is 0.300. The molecule has 1 aromatic rings. The second-order valence-electron chi connectivity index (χ2n) is 2.96. The minimum atomic E-state index is -0.417. The van der Waals surface area contributed by atoms with E-state index in [9.17, 15) is 4.79 Å².